The molecule has 20 heavy (non-hydrogen) atoms. The average Bonchev–Trinajstić information content (AvgIpc) is 2.41. The van der Waals surface area contributed by atoms with Crippen LogP contribution in [-0.4, -0.2) is 4.57 Å². The number of rotatable bonds is 1. The van der Waals surface area contributed by atoms with Gasteiger partial charge in [0.2, 0.25) is 0 Å². The van der Waals surface area contributed by atoms with Crippen LogP contribution in [-0.2, 0) is 0 Å². The lowest BCUT2D eigenvalue weighted by Crippen LogP contribution is -2.22. The minimum Gasteiger partial charge on any atom is -0.385 e. The highest BCUT2D eigenvalue weighted by atomic mass is 127. The Kier molecular flexibility index (Phi) is 3.21. The molecule has 1 aromatic heterocycles. The van der Waals surface area contributed by atoms with E-state index in [-0.39, 0.29) is 11.4 Å². The predicted molar refractivity (Wildman–Crippen MR) is 86.6 cm³/mol. The third-order valence-corrected chi connectivity index (χ3v) is 3.97. The molecule has 0 fully saturated rings. The second-order valence-corrected chi connectivity index (χ2v) is 5.55. The van der Waals surface area contributed by atoms with Crippen molar-refractivity contribution in [3.63, 3.8) is 0 Å². The Labute approximate surface area is 128 Å². The number of halogens is 2. The number of pyridine rings is 1. The molecule has 3 rings (SSSR count). The van der Waals surface area contributed by atoms with Gasteiger partial charge in [0.1, 0.15) is 11.6 Å². The van der Waals surface area contributed by atoms with Gasteiger partial charge in [-0.3, -0.25) is 9.36 Å². The van der Waals surface area contributed by atoms with E-state index in [0.29, 0.717) is 20.5 Å². The first-order valence-corrected chi connectivity index (χ1v) is 7.01. The van der Waals surface area contributed by atoms with Crippen molar-refractivity contribution in [1.29, 1.82) is 0 Å². The quantitative estimate of drug-likeness (QED) is 0.659. The average molecular weight is 380 g/mol. The van der Waals surface area contributed by atoms with Crippen molar-refractivity contribution in [3.8, 4) is 5.69 Å². The second kappa shape index (κ2) is 4.90. The molecule has 0 unspecified atom stereocenters. The third kappa shape index (κ3) is 2.07. The number of anilines is 1. The van der Waals surface area contributed by atoms with Gasteiger partial charge in [0.05, 0.1) is 5.69 Å². The molecule has 0 spiro atoms. The van der Waals surface area contributed by atoms with Gasteiger partial charge in [-0.1, -0.05) is 18.2 Å². The van der Waals surface area contributed by atoms with Crippen LogP contribution in [0.15, 0.2) is 53.3 Å². The van der Waals surface area contributed by atoms with E-state index in [4.69, 9.17) is 5.73 Å². The van der Waals surface area contributed by atoms with Crippen LogP contribution in [0.1, 0.15) is 0 Å². The fourth-order valence-corrected chi connectivity index (χ4v) is 2.91. The molecule has 0 bridgehead atoms. The monoisotopic (exact) mass is 380 g/mol. The zero-order valence-electron chi connectivity index (χ0n) is 10.3. The molecule has 0 aliphatic carbocycles. The number of hydrogen-bond acceptors (Lipinski definition) is 2. The number of benzene rings is 2. The molecule has 3 nitrogen and oxygen atoms in total. The maximum atomic E-state index is 13.2. The minimum atomic E-state index is -0.342. The van der Waals surface area contributed by atoms with Crippen molar-refractivity contribution < 1.29 is 4.39 Å². The summed E-state index contributed by atoms with van der Waals surface area (Å²) >= 11 is 1.99. The summed E-state index contributed by atoms with van der Waals surface area (Å²) in [6, 6.07) is 13.2. The Morgan fingerprint density at radius 3 is 2.60 bits per heavy atom. The fraction of sp³-hybridized carbons (Fsp3) is 0. The van der Waals surface area contributed by atoms with Gasteiger partial charge in [-0.15, -0.1) is 0 Å². The molecule has 100 valence electrons. The highest BCUT2D eigenvalue weighted by Crippen LogP contribution is 2.22. The summed E-state index contributed by atoms with van der Waals surface area (Å²) in [5.41, 5.74) is 6.37. The van der Waals surface area contributed by atoms with Crippen molar-refractivity contribution in [2.75, 3.05) is 5.73 Å². The van der Waals surface area contributed by atoms with Crippen LogP contribution in [0.5, 0.6) is 0 Å². The summed E-state index contributed by atoms with van der Waals surface area (Å²) in [5.74, 6) is -0.0104. The van der Waals surface area contributed by atoms with Crippen molar-refractivity contribution in [2.45, 2.75) is 0 Å². The van der Waals surface area contributed by atoms with E-state index in [1.807, 2.05) is 34.7 Å². The molecule has 0 saturated heterocycles. The topological polar surface area (TPSA) is 48.0 Å². The van der Waals surface area contributed by atoms with E-state index in [1.165, 1.54) is 16.7 Å². The molecule has 2 aromatic carbocycles. The molecule has 0 aliphatic rings. The predicted octanol–water partition coefficient (Wildman–Crippen LogP) is 3.32. The van der Waals surface area contributed by atoms with Crippen molar-refractivity contribution in [1.82, 2.24) is 4.57 Å². The van der Waals surface area contributed by atoms with E-state index in [1.54, 1.807) is 24.3 Å². The van der Waals surface area contributed by atoms with E-state index in [9.17, 15) is 9.18 Å². The summed E-state index contributed by atoms with van der Waals surface area (Å²) < 4.78 is 15.2. The Morgan fingerprint density at radius 1 is 1.10 bits per heavy atom. The largest absolute Gasteiger partial charge is 0.385 e. The molecule has 0 aliphatic heterocycles. The van der Waals surface area contributed by atoms with Crippen LogP contribution in [0, 0.1) is 9.39 Å². The Bertz CT molecular complexity index is 873. The van der Waals surface area contributed by atoms with Crippen LogP contribution in [0.25, 0.3) is 16.5 Å². The maximum Gasteiger partial charge on any atom is 0.264 e. The minimum absolute atomic E-state index is 0.204. The Balaban J connectivity index is 2.39. The van der Waals surface area contributed by atoms with Gasteiger partial charge in [0, 0.05) is 8.96 Å². The lowest BCUT2D eigenvalue weighted by atomic mass is 10.1. The maximum absolute atomic E-state index is 13.2. The fourth-order valence-electron chi connectivity index (χ4n) is 2.19. The van der Waals surface area contributed by atoms with Gasteiger partial charge in [-0.25, -0.2) is 4.39 Å². The molecule has 5 heteroatoms. The first-order chi connectivity index (χ1) is 9.58. The van der Waals surface area contributed by atoms with Crippen LogP contribution in [0.4, 0.5) is 10.2 Å². The number of fused-ring (bicyclic) bond motifs is 1. The number of hydrogen-bond donors (Lipinski definition) is 1. The third-order valence-electron chi connectivity index (χ3n) is 3.11. The normalized spacial score (nSPS) is 10.9. The standard InChI is InChI=1S/C15H10FIN2O/c16-10-5-6-13(12(17)8-10)19-14(18)7-9-3-1-2-4-11(9)15(19)20/h1-8H,18H2. The van der Waals surface area contributed by atoms with Gasteiger partial charge in [0.15, 0.2) is 0 Å². The van der Waals surface area contributed by atoms with Gasteiger partial charge in [0.25, 0.3) is 5.56 Å². The van der Waals surface area contributed by atoms with Gasteiger partial charge < -0.3 is 5.73 Å². The Morgan fingerprint density at radius 2 is 1.85 bits per heavy atom. The van der Waals surface area contributed by atoms with E-state index >= 15 is 0 Å². The SMILES string of the molecule is Nc1cc2ccccc2c(=O)n1-c1ccc(F)cc1I. The van der Waals surface area contributed by atoms with Crippen molar-refractivity contribution in [3.05, 3.63) is 68.3 Å². The lowest BCUT2D eigenvalue weighted by Gasteiger charge is -2.13. The molecular weight excluding hydrogens is 370 g/mol. The summed E-state index contributed by atoms with van der Waals surface area (Å²) in [6.07, 6.45) is 0. The number of nitrogens with two attached hydrogens (primary N) is 1. The van der Waals surface area contributed by atoms with Crippen molar-refractivity contribution >= 4 is 39.2 Å². The summed E-state index contributed by atoms with van der Waals surface area (Å²) in [4.78, 5) is 12.6. The van der Waals surface area contributed by atoms with E-state index in [0.717, 1.165) is 5.39 Å². The number of nitrogen functional groups attached to an aromatic ring is 1. The zero-order chi connectivity index (χ0) is 14.3. The van der Waals surface area contributed by atoms with Crippen molar-refractivity contribution in [2.24, 2.45) is 0 Å². The lowest BCUT2D eigenvalue weighted by molar-refractivity contribution is 0.626. The van der Waals surface area contributed by atoms with E-state index < -0.39 is 0 Å². The highest BCUT2D eigenvalue weighted by molar-refractivity contribution is 14.1. The van der Waals surface area contributed by atoms with Crippen LogP contribution >= 0.6 is 22.6 Å². The van der Waals surface area contributed by atoms with E-state index in [2.05, 4.69) is 0 Å². The smallest absolute Gasteiger partial charge is 0.264 e. The molecule has 0 radical (unpaired) electrons. The number of nitrogens with zero attached hydrogens (tertiary/aromatic N) is 1. The summed E-state index contributed by atoms with van der Waals surface area (Å²) in [6.45, 7) is 0. The van der Waals surface area contributed by atoms with Crippen LogP contribution in [0.2, 0.25) is 0 Å². The highest BCUT2D eigenvalue weighted by Gasteiger charge is 2.11. The molecule has 1 heterocycles. The molecule has 0 saturated carbocycles. The molecule has 2 N–H and O–H groups in total. The molecule has 0 amide bonds. The molecular formula is C15H10FIN2O. The Hall–Kier alpha value is -1.89. The first-order valence-electron chi connectivity index (χ1n) is 5.93. The van der Waals surface area contributed by atoms with Gasteiger partial charge in [-0.2, -0.15) is 0 Å². The first kappa shape index (κ1) is 13.1. The zero-order valence-corrected chi connectivity index (χ0v) is 12.5. The van der Waals surface area contributed by atoms with Crippen LogP contribution < -0.4 is 11.3 Å². The second-order valence-electron chi connectivity index (χ2n) is 4.39. The number of aromatic nitrogens is 1. The van der Waals surface area contributed by atoms with Crippen LogP contribution in [0.3, 0.4) is 0 Å². The summed E-state index contributed by atoms with van der Waals surface area (Å²) in [7, 11) is 0. The molecule has 3 aromatic rings. The molecule has 0 atom stereocenters. The van der Waals surface area contributed by atoms with Gasteiger partial charge in [-0.05, 0) is 58.3 Å². The van der Waals surface area contributed by atoms with Gasteiger partial charge >= 0.3 is 0 Å². The summed E-state index contributed by atoms with van der Waals surface area (Å²) in [5, 5.41) is 1.38.